The van der Waals surface area contributed by atoms with E-state index in [2.05, 4.69) is 32.0 Å². The second kappa shape index (κ2) is 10.8. The van der Waals surface area contributed by atoms with Crippen molar-refractivity contribution in [2.24, 2.45) is 0 Å². The molecule has 0 spiro atoms. The molecular formula is C25H44N4O4S. The average Bonchev–Trinajstić information content (AvgIpc) is 3.65. The monoisotopic (exact) mass is 496 g/mol. The molecule has 6 saturated heterocycles. The van der Waals surface area contributed by atoms with Crippen LogP contribution >= 0.6 is 11.8 Å². The fourth-order valence-electron chi connectivity index (χ4n) is 7.74. The van der Waals surface area contributed by atoms with Crippen LogP contribution in [0.4, 0.5) is 0 Å². The molecule has 0 aromatic rings. The maximum atomic E-state index is 7.27. The van der Waals surface area contributed by atoms with Crippen LogP contribution in [0.2, 0.25) is 0 Å². The molecule has 5 atom stereocenters. The van der Waals surface area contributed by atoms with Crippen LogP contribution in [0, 0.1) is 0 Å². The molecule has 0 bridgehead atoms. The van der Waals surface area contributed by atoms with E-state index in [-0.39, 0.29) is 17.7 Å². The molecule has 194 valence electrons. The normalized spacial score (nSPS) is 43.9. The van der Waals surface area contributed by atoms with Crippen LogP contribution in [0.3, 0.4) is 0 Å². The van der Waals surface area contributed by atoms with E-state index in [1.807, 2.05) is 0 Å². The number of nitrogens with zero attached hydrogens (tertiary/aromatic N) is 3. The lowest BCUT2D eigenvalue weighted by atomic mass is 9.68. The highest BCUT2D eigenvalue weighted by Gasteiger charge is 2.73. The van der Waals surface area contributed by atoms with Crippen molar-refractivity contribution in [1.82, 2.24) is 20.2 Å². The van der Waals surface area contributed by atoms with Gasteiger partial charge in [0.05, 0.1) is 25.9 Å². The first-order chi connectivity index (χ1) is 16.9. The van der Waals surface area contributed by atoms with Gasteiger partial charge in [-0.05, 0) is 50.7 Å². The lowest BCUT2D eigenvalue weighted by Gasteiger charge is -2.69. The first-order valence-electron chi connectivity index (χ1n) is 13.9. The zero-order valence-corrected chi connectivity index (χ0v) is 21.6. The smallest absolute Gasteiger partial charge is 0.171 e. The molecule has 5 unspecified atom stereocenters. The molecule has 0 aromatic heterocycles. The second-order valence-electron chi connectivity index (χ2n) is 10.7. The Balaban J connectivity index is 1.54. The third-order valence-corrected chi connectivity index (χ3v) is 10.5. The third kappa shape index (κ3) is 3.98. The summed E-state index contributed by atoms with van der Waals surface area (Å²) >= 11 is 2.18. The molecule has 1 N–H and O–H groups in total. The van der Waals surface area contributed by atoms with Gasteiger partial charge in [0, 0.05) is 64.3 Å². The Bertz CT molecular complexity index is 661. The maximum Gasteiger partial charge on any atom is 0.171 e. The highest BCUT2D eigenvalue weighted by atomic mass is 32.2. The van der Waals surface area contributed by atoms with Crippen LogP contribution in [-0.2, 0) is 18.9 Å². The second-order valence-corrected chi connectivity index (χ2v) is 12.0. The number of morpholine rings is 2. The summed E-state index contributed by atoms with van der Waals surface area (Å²) in [6.45, 7) is 10.9. The number of thioether (sulfide) groups is 1. The number of ether oxygens (including phenoxy) is 4. The molecule has 0 radical (unpaired) electrons. The summed E-state index contributed by atoms with van der Waals surface area (Å²) in [7, 11) is 0. The van der Waals surface area contributed by atoms with Gasteiger partial charge in [-0.1, -0.05) is 0 Å². The first kappa shape index (κ1) is 24.4. The summed E-state index contributed by atoms with van der Waals surface area (Å²) in [5.74, 6) is 1.24. The number of hydrogen-bond donors (Lipinski definition) is 1. The predicted octanol–water partition coefficient (Wildman–Crippen LogP) is 1.55. The van der Waals surface area contributed by atoms with Crippen LogP contribution < -0.4 is 5.32 Å². The van der Waals surface area contributed by atoms with Gasteiger partial charge in [0.25, 0.3) is 0 Å². The average molecular weight is 497 g/mol. The van der Waals surface area contributed by atoms with Crippen molar-refractivity contribution in [3.8, 4) is 0 Å². The van der Waals surface area contributed by atoms with Crippen molar-refractivity contribution in [3.63, 3.8) is 0 Å². The Morgan fingerprint density at radius 3 is 2.24 bits per heavy atom. The van der Waals surface area contributed by atoms with Crippen LogP contribution in [0.15, 0.2) is 0 Å². The van der Waals surface area contributed by atoms with Gasteiger partial charge in [-0.3, -0.25) is 4.90 Å². The van der Waals surface area contributed by atoms with Crippen molar-refractivity contribution in [3.05, 3.63) is 0 Å². The summed E-state index contributed by atoms with van der Waals surface area (Å²) in [6, 6.07) is 0. The maximum absolute atomic E-state index is 7.27. The molecule has 6 aliphatic heterocycles. The molecule has 6 aliphatic rings. The molecule has 0 amide bonds. The number of hydrogen-bond acceptors (Lipinski definition) is 9. The third-order valence-electron chi connectivity index (χ3n) is 9.00. The van der Waals surface area contributed by atoms with Gasteiger partial charge in [0.15, 0.2) is 5.72 Å². The minimum Gasteiger partial charge on any atom is -0.379 e. The topological polar surface area (TPSA) is 58.7 Å². The minimum absolute atomic E-state index is 0.0844. The zero-order chi connectivity index (χ0) is 22.8. The predicted molar refractivity (Wildman–Crippen MR) is 133 cm³/mol. The first-order valence-corrected chi connectivity index (χ1v) is 15.0. The van der Waals surface area contributed by atoms with Crippen LogP contribution in [0.25, 0.3) is 0 Å². The van der Waals surface area contributed by atoms with Gasteiger partial charge in [0.2, 0.25) is 0 Å². The van der Waals surface area contributed by atoms with Crippen molar-refractivity contribution in [2.75, 3.05) is 84.6 Å². The number of rotatable bonds is 5. The summed E-state index contributed by atoms with van der Waals surface area (Å²) in [5, 5.41) is 9.47. The van der Waals surface area contributed by atoms with Crippen molar-refractivity contribution in [1.29, 1.82) is 0 Å². The summed E-state index contributed by atoms with van der Waals surface area (Å²) in [4.78, 5) is 2.70. The number of nitrogens with one attached hydrogen (secondary N) is 1. The number of hydrazine groups is 1. The summed E-state index contributed by atoms with van der Waals surface area (Å²) < 4.78 is 26.6. The van der Waals surface area contributed by atoms with Gasteiger partial charge in [0.1, 0.15) is 11.6 Å². The minimum atomic E-state index is -0.494. The Hall–Kier alpha value is 0.0300. The Morgan fingerprint density at radius 1 is 0.735 bits per heavy atom. The van der Waals surface area contributed by atoms with Crippen molar-refractivity contribution < 1.29 is 18.9 Å². The van der Waals surface area contributed by atoms with E-state index in [4.69, 9.17) is 18.9 Å². The van der Waals surface area contributed by atoms with Gasteiger partial charge < -0.3 is 24.3 Å². The van der Waals surface area contributed by atoms with Gasteiger partial charge in [-0.15, -0.1) is 0 Å². The highest BCUT2D eigenvalue weighted by molar-refractivity contribution is 8.00. The van der Waals surface area contributed by atoms with E-state index in [9.17, 15) is 0 Å². The van der Waals surface area contributed by atoms with Crippen LogP contribution in [0.1, 0.15) is 44.9 Å². The van der Waals surface area contributed by atoms with Crippen molar-refractivity contribution in [2.45, 2.75) is 73.7 Å². The Kier molecular flexibility index (Phi) is 7.74. The quantitative estimate of drug-likeness (QED) is 0.611. The standard InChI is InChI=1S/C25H44N4O4S/c1-2-15-31-21(5-1)24(23-7-4-20-34-23)25(22-6-3-16-32-22,27-10-8-26-9-11-27)33-19-14-29(24)28-12-17-30-18-13-28/h21-23,26H,1-20H2. The molecule has 6 heterocycles. The van der Waals surface area contributed by atoms with E-state index in [1.54, 1.807) is 0 Å². The van der Waals surface area contributed by atoms with E-state index in [1.165, 1.54) is 31.4 Å². The van der Waals surface area contributed by atoms with E-state index < -0.39 is 5.72 Å². The summed E-state index contributed by atoms with van der Waals surface area (Å²) in [6.07, 6.45) is 8.47. The SMILES string of the molecule is C1CCC(C2(C3CCCS3)N(N3CCOCC3)CCOC2(C2CCCO2)N2CCNCC2)OC1. The van der Waals surface area contributed by atoms with Crippen LogP contribution in [-0.4, -0.2) is 128 Å². The molecule has 8 nitrogen and oxygen atoms in total. The zero-order valence-electron chi connectivity index (χ0n) is 20.8. The fourth-order valence-corrected chi connectivity index (χ4v) is 9.39. The van der Waals surface area contributed by atoms with Crippen LogP contribution in [0.5, 0.6) is 0 Å². The van der Waals surface area contributed by atoms with Gasteiger partial charge >= 0.3 is 0 Å². The lowest BCUT2D eigenvalue weighted by Crippen LogP contribution is -2.88. The summed E-state index contributed by atoms with van der Waals surface area (Å²) in [5.41, 5.74) is -0.761. The largest absolute Gasteiger partial charge is 0.379 e. The number of piperazine rings is 1. The molecular weight excluding hydrogens is 452 g/mol. The molecule has 9 heteroatoms. The molecule has 6 fully saturated rings. The van der Waals surface area contributed by atoms with Gasteiger partial charge in [-0.25, -0.2) is 10.0 Å². The van der Waals surface area contributed by atoms with Gasteiger partial charge in [-0.2, -0.15) is 11.8 Å². The van der Waals surface area contributed by atoms with Crippen molar-refractivity contribution >= 4 is 11.8 Å². The molecule has 0 aliphatic carbocycles. The molecule has 6 rings (SSSR count). The Morgan fingerprint density at radius 2 is 1.53 bits per heavy atom. The Labute approximate surface area is 209 Å². The van der Waals surface area contributed by atoms with E-state index in [0.29, 0.717) is 5.25 Å². The van der Waals surface area contributed by atoms with E-state index in [0.717, 1.165) is 98.1 Å². The van der Waals surface area contributed by atoms with E-state index >= 15 is 0 Å². The lowest BCUT2D eigenvalue weighted by molar-refractivity contribution is -0.366. The fraction of sp³-hybridized carbons (Fsp3) is 1.00. The molecule has 34 heavy (non-hydrogen) atoms. The molecule has 0 aromatic carbocycles. The highest BCUT2D eigenvalue weighted by Crippen LogP contribution is 2.56. The molecule has 0 saturated carbocycles.